The lowest BCUT2D eigenvalue weighted by Gasteiger charge is -2.16. The van der Waals surface area contributed by atoms with E-state index in [4.69, 9.17) is 0 Å². The van der Waals surface area contributed by atoms with Crippen LogP contribution < -0.4 is 10.6 Å². The zero-order valence-electron chi connectivity index (χ0n) is 9.92. The van der Waals surface area contributed by atoms with Crippen LogP contribution in [0.4, 0.5) is 0 Å². The van der Waals surface area contributed by atoms with E-state index >= 15 is 0 Å². The summed E-state index contributed by atoms with van der Waals surface area (Å²) in [6.07, 6.45) is 0. The Morgan fingerprint density at radius 3 is 2.69 bits per heavy atom. The van der Waals surface area contributed by atoms with Gasteiger partial charge in [0, 0.05) is 18.3 Å². The number of nitrogens with zero attached hydrogens (tertiary/aromatic N) is 1. The quantitative estimate of drug-likeness (QED) is 0.677. The predicted octanol–water partition coefficient (Wildman–Crippen LogP) is 0.364. The summed E-state index contributed by atoms with van der Waals surface area (Å²) < 4.78 is 0. The van der Waals surface area contributed by atoms with Gasteiger partial charge < -0.3 is 10.6 Å². The molecule has 2 rings (SSSR count). The molecule has 1 aliphatic rings. The number of amides is 1. The fourth-order valence-electron chi connectivity index (χ4n) is 2.13. The number of rotatable bonds is 2. The molecule has 1 saturated heterocycles. The normalized spacial score (nSPS) is 24.7. The molecule has 88 valence electrons. The molecule has 0 spiro atoms. The summed E-state index contributed by atoms with van der Waals surface area (Å²) >= 11 is 0. The Bertz CT molecular complexity index is 379. The average Bonchev–Trinajstić information content (AvgIpc) is 2.75. The third-order valence-corrected chi connectivity index (χ3v) is 3.19. The predicted molar refractivity (Wildman–Crippen MR) is 61.3 cm³/mol. The van der Waals surface area contributed by atoms with Crippen LogP contribution in [-0.2, 0) is 0 Å². The summed E-state index contributed by atoms with van der Waals surface area (Å²) in [5.41, 5.74) is 2.27. The Morgan fingerprint density at radius 2 is 2.19 bits per heavy atom. The van der Waals surface area contributed by atoms with Gasteiger partial charge in [-0.1, -0.05) is 6.92 Å². The highest BCUT2D eigenvalue weighted by Gasteiger charge is 2.26. The van der Waals surface area contributed by atoms with Crippen molar-refractivity contribution in [3.8, 4) is 0 Å². The minimum Gasteiger partial charge on any atom is -0.348 e. The minimum atomic E-state index is -0.0238. The number of carbonyl (C=O) groups is 1. The molecule has 1 aromatic heterocycles. The molecular weight excluding hydrogens is 204 g/mol. The van der Waals surface area contributed by atoms with Gasteiger partial charge in [-0.05, 0) is 26.3 Å². The van der Waals surface area contributed by atoms with E-state index in [-0.39, 0.29) is 11.9 Å². The first kappa shape index (κ1) is 11.1. The molecule has 16 heavy (non-hydrogen) atoms. The maximum Gasteiger partial charge on any atom is 0.255 e. The van der Waals surface area contributed by atoms with Crippen LogP contribution in [0.3, 0.4) is 0 Å². The van der Waals surface area contributed by atoms with Gasteiger partial charge in [-0.3, -0.25) is 9.89 Å². The van der Waals surface area contributed by atoms with Crippen molar-refractivity contribution in [2.75, 3.05) is 13.1 Å². The molecule has 2 atom stereocenters. The molecule has 1 fully saturated rings. The zero-order valence-corrected chi connectivity index (χ0v) is 9.92. The van der Waals surface area contributed by atoms with Crippen LogP contribution in [0.2, 0.25) is 0 Å². The highest BCUT2D eigenvalue weighted by Crippen LogP contribution is 2.12. The molecule has 5 heteroatoms. The fourth-order valence-corrected chi connectivity index (χ4v) is 2.13. The zero-order chi connectivity index (χ0) is 11.7. The molecule has 1 aliphatic heterocycles. The number of nitrogens with one attached hydrogen (secondary N) is 3. The van der Waals surface area contributed by atoms with E-state index in [0.717, 1.165) is 24.5 Å². The SMILES string of the molecule is Cc1n[nH]c(C)c1C(=O)NC1CNCC1C. The van der Waals surface area contributed by atoms with Crippen molar-refractivity contribution in [1.82, 2.24) is 20.8 Å². The Hall–Kier alpha value is -1.36. The van der Waals surface area contributed by atoms with Crippen molar-refractivity contribution >= 4 is 5.91 Å². The summed E-state index contributed by atoms with van der Waals surface area (Å²) in [7, 11) is 0. The van der Waals surface area contributed by atoms with Gasteiger partial charge >= 0.3 is 0 Å². The van der Waals surface area contributed by atoms with E-state index in [1.54, 1.807) is 0 Å². The van der Waals surface area contributed by atoms with Crippen molar-refractivity contribution in [3.05, 3.63) is 17.0 Å². The van der Waals surface area contributed by atoms with Crippen LogP contribution in [0.25, 0.3) is 0 Å². The minimum absolute atomic E-state index is 0.0238. The van der Waals surface area contributed by atoms with E-state index in [1.807, 2.05) is 13.8 Å². The lowest BCUT2D eigenvalue weighted by Crippen LogP contribution is -2.39. The van der Waals surface area contributed by atoms with Gasteiger partial charge in [0.25, 0.3) is 5.91 Å². The third kappa shape index (κ3) is 1.95. The summed E-state index contributed by atoms with van der Waals surface area (Å²) in [6, 6.07) is 0.223. The van der Waals surface area contributed by atoms with Crippen LogP contribution in [0.1, 0.15) is 28.7 Å². The van der Waals surface area contributed by atoms with Gasteiger partial charge in [-0.15, -0.1) is 0 Å². The molecule has 0 radical (unpaired) electrons. The molecule has 2 unspecified atom stereocenters. The largest absolute Gasteiger partial charge is 0.348 e. The monoisotopic (exact) mass is 222 g/mol. The number of aromatic nitrogens is 2. The summed E-state index contributed by atoms with van der Waals surface area (Å²) in [4.78, 5) is 12.1. The number of carbonyl (C=O) groups excluding carboxylic acids is 1. The van der Waals surface area contributed by atoms with Crippen LogP contribution in [0.15, 0.2) is 0 Å². The second-order valence-corrected chi connectivity index (χ2v) is 4.52. The Labute approximate surface area is 95.0 Å². The highest BCUT2D eigenvalue weighted by molar-refractivity contribution is 5.96. The lowest BCUT2D eigenvalue weighted by atomic mass is 10.1. The second-order valence-electron chi connectivity index (χ2n) is 4.52. The van der Waals surface area contributed by atoms with Gasteiger partial charge in [0.05, 0.1) is 11.3 Å². The van der Waals surface area contributed by atoms with Crippen LogP contribution in [-0.4, -0.2) is 35.2 Å². The van der Waals surface area contributed by atoms with Crippen molar-refractivity contribution in [2.45, 2.75) is 26.8 Å². The molecule has 0 saturated carbocycles. The smallest absolute Gasteiger partial charge is 0.255 e. The van der Waals surface area contributed by atoms with Crippen molar-refractivity contribution in [2.24, 2.45) is 5.92 Å². The highest BCUT2D eigenvalue weighted by atomic mass is 16.1. The molecular formula is C11H18N4O. The van der Waals surface area contributed by atoms with Gasteiger partial charge in [-0.25, -0.2) is 0 Å². The topological polar surface area (TPSA) is 69.8 Å². The van der Waals surface area contributed by atoms with E-state index in [2.05, 4.69) is 27.8 Å². The van der Waals surface area contributed by atoms with Crippen molar-refractivity contribution in [1.29, 1.82) is 0 Å². The Morgan fingerprint density at radius 1 is 1.44 bits per heavy atom. The number of hydrogen-bond donors (Lipinski definition) is 3. The standard InChI is InChI=1S/C11H18N4O/c1-6-4-12-5-9(6)13-11(16)10-7(2)14-15-8(10)3/h6,9,12H,4-5H2,1-3H3,(H,13,16)(H,14,15). The summed E-state index contributed by atoms with van der Waals surface area (Å²) in [6.45, 7) is 7.66. The van der Waals surface area contributed by atoms with Gasteiger partial charge in [0.2, 0.25) is 0 Å². The van der Waals surface area contributed by atoms with Crippen molar-refractivity contribution < 1.29 is 4.79 Å². The molecule has 3 N–H and O–H groups in total. The fraction of sp³-hybridized carbons (Fsp3) is 0.636. The molecule has 0 bridgehead atoms. The van der Waals surface area contributed by atoms with E-state index in [9.17, 15) is 4.79 Å². The van der Waals surface area contributed by atoms with Gasteiger partial charge in [0.1, 0.15) is 0 Å². The molecule has 1 amide bonds. The molecule has 2 heterocycles. The number of aryl methyl sites for hydroxylation is 2. The first-order chi connectivity index (χ1) is 7.59. The number of H-pyrrole nitrogens is 1. The first-order valence-corrected chi connectivity index (χ1v) is 5.62. The first-order valence-electron chi connectivity index (χ1n) is 5.62. The summed E-state index contributed by atoms with van der Waals surface area (Å²) in [5, 5.41) is 13.2. The van der Waals surface area contributed by atoms with E-state index < -0.39 is 0 Å². The van der Waals surface area contributed by atoms with E-state index in [1.165, 1.54) is 0 Å². The lowest BCUT2D eigenvalue weighted by molar-refractivity contribution is 0.0931. The van der Waals surface area contributed by atoms with Crippen LogP contribution in [0, 0.1) is 19.8 Å². The molecule has 5 nitrogen and oxygen atoms in total. The van der Waals surface area contributed by atoms with E-state index in [0.29, 0.717) is 11.5 Å². The third-order valence-electron chi connectivity index (χ3n) is 3.19. The summed E-state index contributed by atoms with van der Waals surface area (Å²) in [5.74, 6) is 0.459. The van der Waals surface area contributed by atoms with Gasteiger partial charge in [-0.2, -0.15) is 5.10 Å². The average molecular weight is 222 g/mol. The second kappa shape index (κ2) is 4.25. The number of aromatic amines is 1. The Kier molecular flexibility index (Phi) is 2.96. The van der Waals surface area contributed by atoms with Crippen molar-refractivity contribution in [3.63, 3.8) is 0 Å². The number of hydrogen-bond acceptors (Lipinski definition) is 3. The Balaban J connectivity index is 2.08. The maximum absolute atomic E-state index is 12.1. The van der Waals surface area contributed by atoms with Crippen LogP contribution in [0.5, 0.6) is 0 Å². The maximum atomic E-state index is 12.1. The van der Waals surface area contributed by atoms with Gasteiger partial charge in [0.15, 0.2) is 0 Å². The molecule has 1 aromatic rings. The molecule has 0 aromatic carbocycles. The van der Waals surface area contributed by atoms with Crippen LogP contribution >= 0.6 is 0 Å². The molecule has 0 aliphatic carbocycles.